The van der Waals surface area contributed by atoms with E-state index in [0.29, 0.717) is 17.9 Å². The Hall–Kier alpha value is -2.93. The number of anilines is 1. The first kappa shape index (κ1) is 19.4. The summed E-state index contributed by atoms with van der Waals surface area (Å²) in [6.45, 7) is 0.481. The van der Waals surface area contributed by atoms with Gasteiger partial charge < -0.3 is 5.32 Å². The molecule has 0 fully saturated rings. The molecule has 0 radical (unpaired) electrons. The van der Waals surface area contributed by atoms with Crippen LogP contribution < -0.4 is 5.32 Å². The Balaban J connectivity index is 1.78. The Morgan fingerprint density at radius 2 is 1.52 bits per heavy atom. The molecule has 7 heteroatoms. The largest absolute Gasteiger partial charge is 0.417 e. The van der Waals surface area contributed by atoms with Crippen LogP contribution in [0.5, 0.6) is 0 Å². The molecule has 0 spiro atoms. The van der Waals surface area contributed by atoms with Crippen molar-refractivity contribution in [3.63, 3.8) is 0 Å². The van der Waals surface area contributed by atoms with E-state index in [1.54, 1.807) is 18.2 Å². The van der Waals surface area contributed by atoms with E-state index in [2.05, 4.69) is 31.2 Å². The van der Waals surface area contributed by atoms with Crippen molar-refractivity contribution in [3.05, 3.63) is 88.4 Å². The summed E-state index contributed by atoms with van der Waals surface area (Å²) in [5.41, 5.74) is 0.799. The van der Waals surface area contributed by atoms with Gasteiger partial charge in [0.1, 0.15) is 5.82 Å². The summed E-state index contributed by atoms with van der Waals surface area (Å²) < 4.78 is 41.4. The van der Waals surface area contributed by atoms with Gasteiger partial charge in [0.25, 0.3) is 0 Å². The van der Waals surface area contributed by atoms with E-state index in [9.17, 15) is 13.2 Å². The highest BCUT2D eigenvalue weighted by Gasteiger charge is 2.34. The first-order valence-corrected chi connectivity index (χ1v) is 9.63. The van der Waals surface area contributed by atoms with Crippen LogP contribution in [0, 0.1) is 0 Å². The highest BCUT2D eigenvalue weighted by molar-refractivity contribution is 9.10. The van der Waals surface area contributed by atoms with Crippen LogP contribution in [0.3, 0.4) is 0 Å². The minimum atomic E-state index is -4.49. The van der Waals surface area contributed by atoms with E-state index in [0.717, 1.165) is 21.5 Å². The number of aromatic nitrogens is 2. The topological polar surface area (TPSA) is 37.8 Å². The molecular weight excluding hydrogens is 443 g/mol. The van der Waals surface area contributed by atoms with Crippen molar-refractivity contribution in [2.75, 3.05) is 5.32 Å². The molecule has 0 aliphatic rings. The predicted molar refractivity (Wildman–Crippen MR) is 111 cm³/mol. The zero-order valence-electron chi connectivity index (χ0n) is 15.0. The molecule has 3 aromatic carbocycles. The fraction of sp³-hybridized carbons (Fsp3) is 0.0909. The molecule has 146 valence electrons. The third-order valence-electron chi connectivity index (χ3n) is 4.45. The maximum absolute atomic E-state index is 13.5. The van der Waals surface area contributed by atoms with Gasteiger partial charge in [-0.15, -0.1) is 0 Å². The van der Waals surface area contributed by atoms with Crippen LogP contribution >= 0.6 is 15.9 Å². The van der Waals surface area contributed by atoms with Crippen molar-refractivity contribution in [1.29, 1.82) is 0 Å². The number of alkyl halides is 3. The van der Waals surface area contributed by atoms with Crippen molar-refractivity contribution in [2.45, 2.75) is 12.7 Å². The standard InChI is InChI=1S/C22H15BrF3N3/c23-15-11-9-14(10-12-15)13-27-20-17-6-2-4-8-19(17)28-21(29-20)16-5-1-3-7-18(16)22(24,25)26/h1-12H,13H2,(H,27,28,29). The summed E-state index contributed by atoms with van der Waals surface area (Å²) in [6.07, 6.45) is -4.49. The van der Waals surface area contributed by atoms with Gasteiger partial charge >= 0.3 is 6.18 Å². The van der Waals surface area contributed by atoms with Gasteiger partial charge in [0.05, 0.1) is 11.1 Å². The quantitative estimate of drug-likeness (QED) is 0.370. The zero-order chi connectivity index (χ0) is 20.4. The van der Waals surface area contributed by atoms with Gasteiger partial charge in [0.15, 0.2) is 5.82 Å². The minimum Gasteiger partial charge on any atom is -0.365 e. The molecule has 0 aliphatic heterocycles. The first-order valence-electron chi connectivity index (χ1n) is 8.83. The monoisotopic (exact) mass is 457 g/mol. The van der Waals surface area contributed by atoms with Crippen molar-refractivity contribution in [2.24, 2.45) is 0 Å². The molecule has 29 heavy (non-hydrogen) atoms. The number of benzene rings is 3. The molecule has 4 rings (SSSR count). The second kappa shape index (κ2) is 7.83. The molecule has 0 amide bonds. The van der Waals surface area contributed by atoms with E-state index in [1.807, 2.05) is 36.4 Å². The van der Waals surface area contributed by atoms with E-state index in [4.69, 9.17) is 0 Å². The molecule has 3 nitrogen and oxygen atoms in total. The third-order valence-corrected chi connectivity index (χ3v) is 4.98. The van der Waals surface area contributed by atoms with Crippen molar-refractivity contribution in [3.8, 4) is 11.4 Å². The molecule has 1 heterocycles. The molecule has 0 unspecified atom stereocenters. The van der Waals surface area contributed by atoms with E-state index in [-0.39, 0.29) is 11.4 Å². The number of rotatable bonds is 4. The van der Waals surface area contributed by atoms with Crippen LogP contribution in [0.1, 0.15) is 11.1 Å². The van der Waals surface area contributed by atoms with Gasteiger partial charge in [-0.25, -0.2) is 9.97 Å². The molecule has 4 aromatic rings. The first-order chi connectivity index (χ1) is 13.9. The second-order valence-electron chi connectivity index (χ2n) is 6.44. The van der Waals surface area contributed by atoms with Crippen LogP contribution in [0.2, 0.25) is 0 Å². The van der Waals surface area contributed by atoms with Crippen LogP contribution in [0.4, 0.5) is 19.0 Å². The summed E-state index contributed by atoms with van der Waals surface area (Å²) >= 11 is 3.40. The summed E-state index contributed by atoms with van der Waals surface area (Å²) in [6, 6.07) is 20.4. The fourth-order valence-corrected chi connectivity index (χ4v) is 3.31. The van der Waals surface area contributed by atoms with Crippen LogP contribution in [-0.2, 0) is 12.7 Å². The lowest BCUT2D eigenvalue weighted by molar-refractivity contribution is -0.137. The Morgan fingerprint density at radius 1 is 0.828 bits per heavy atom. The van der Waals surface area contributed by atoms with Crippen molar-refractivity contribution in [1.82, 2.24) is 9.97 Å². The SMILES string of the molecule is FC(F)(F)c1ccccc1-c1nc(NCc2ccc(Br)cc2)c2ccccc2n1. The van der Waals surface area contributed by atoms with Crippen LogP contribution in [0.15, 0.2) is 77.3 Å². The number of hydrogen-bond donors (Lipinski definition) is 1. The van der Waals surface area contributed by atoms with E-state index >= 15 is 0 Å². The number of halogens is 4. The van der Waals surface area contributed by atoms with Gasteiger partial charge in [-0.3, -0.25) is 0 Å². The van der Waals surface area contributed by atoms with Gasteiger partial charge in [0, 0.05) is 22.0 Å². The molecule has 0 atom stereocenters. The smallest absolute Gasteiger partial charge is 0.365 e. The summed E-state index contributed by atoms with van der Waals surface area (Å²) in [5, 5.41) is 3.99. The number of fused-ring (bicyclic) bond motifs is 1. The summed E-state index contributed by atoms with van der Waals surface area (Å²) in [4.78, 5) is 8.84. The minimum absolute atomic E-state index is 0.0370. The third kappa shape index (κ3) is 4.24. The molecular formula is C22H15BrF3N3. The number of hydrogen-bond acceptors (Lipinski definition) is 3. The number of nitrogens with one attached hydrogen (secondary N) is 1. The lowest BCUT2D eigenvalue weighted by Crippen LogP contribution is -2.09. The Kier molecular flexibility index (Phi) is 5.24. The predicted octanol–water partition coefficient (Wildman–Crippen LogP) is 6.69. The Labute approximate surface area is 173 Å². The summed E-state index contributed by atoms with van der Waals surface area (Å²) in [7, 11) is 0. The average molecular weight is 458 g/mol. The van der Waals surface area contributed by atoms with Gasteiger partial charge in [-0.2, -0.15) is 13.2 Å². The molecule has 1 N–H and O–H groups in total. The lowest BCUT2D eigenvalue weighted by atomic mass is 10.1. The maximum Gasteiger partial charge on any atom is 0.417 e. The number of para-hydroxylation sites is 1. The normalized spacial score (nSPS) is 11.6. The Bertz CT molecular complexity index is 1160. The number of nitrogens with zero attached hydrogens (tertiary/aromatic N) is 2. The maximum atomic E-state index is 13.5. The molecule has 0 saturated carbocycles. The van der Waals surface area contributed by atoms with Crippen molar-refractivity contribution < 1.29 is 13.2 Å². The lowest BCUT2D eigenvalue weighted by Gasteiger charge is -2.14. The molecule has 1 aromatic heterocycles. The molecule has 0 aliphatic carbocycles. The molecule has 0 bridgehead atoms. The van der Waals surface area contributed by atoms with E-state index in [1.165, 1.54) is 12.1 Å². The highest BCUT2D eigenvalue weighted by Crippen LogP contribution is 2.36. The van der Waals surface area contributed by atoms with Gasteiger partial charge in [-0.05, 0) is 35.9 Å². The van der Waals surface area contributed by atoms with Crippen molar-refractivity contribution >= 4 is 32.7 Å². The van der Waals surface area contributed by atoms with Gasteiger partial charge in [0.2, 0.25) is 0 Å². The Morgan fingerprint density at radius 3 is 2.28 bits per heavy atom. The van der Waals surface area contributed by atoms with Gasteiger partial charge in [-0.1, -0.05) is 58.4 Å². The average Bonchev–Trinajstić information content (AvgIpc) is 2.72. The second-order valence-corrected chi connectivity index (χ2v) is 7.35. The van der Waals surface area contributed by atoms with E-state index < -0.39 is 11.7 Å². The van der Waals surface area contributed by atoms with Crippen LogP contribution in [-0.4, -0.2) is 9.97 Å². The molecule has 0 saturated heterocycles. The zero-order valence-corrected chi connectivity index (χ0v) is 16.6. The summed E-state index contributed by atoms with van der Waals surface area (Å²) in [5.74, 6) is 0.528. The van der Waals surface area contributed by atoms with Crippen LogP contribution in [0.25, 0.3) is 22.3 Å². The highest BCUT2D eigenvalue weighted by atomic mass is 79.9. The fourth-order valence-electron chi connectivity index (χ4n) is 3.05.